The molecule has 148 valence electrons. The van der Waals surface area contributed by atoms with E-state index in [0.717, 1.165) is 17.5 Å². The number of aliphatic hydroxyl groups excluding tert-OH is 1. The molecule has 0 radical (unpaired) electrons. The lowest BCUT2D eigenvalue weighted by atomic mass is 9.99. The molecule has 1 aliphatic heterocycles. The van der Waals surface area contributed by atoms with Crippen molar-refractivity contribution in [2.75, 3.05) is 16.8 Å². The third kappa shape index (κ3) is 4.13. The highest BCUT2D eigenvalue weighted by molar-refractivity contribution is 6.00. The molecule has 0 spiro atoms. The summed E-state index contributed by atoms with van der Waals surface area (Å²) < 4.78 is 0. The summed E-state index contributed by atoms with van der Waals surface area (Å²) >= 11 is 0. The number of hydrogen-bond donors (Lipinski definition) is 3. The maximum absolute atomic E-state index is 12.0. The Hall–Kier alpha value is -3.22. The first-order chi connectivity index (χ1) is 14.2. The van der Waals surface area contributed by atoms with Crippen LogP contribution in [0.2, 0.25) is 0 Å². The Kier molecular flexibility index (Phi) is 5.55. The van der Waals surface area contributed by atoms with Crippen molar-refractivity contribution in [3.05, 3.63) is 78.5 Å². The molecule has 3 aromatic rings. The van der Waals surface area contributed by atoms with Crippen LogP contribution in [0.4, 0.5) is 11.5 Å². The van der Waals surface area contributed by atoms with Gasteiger partial charge in [-0.1, -0.05) is 61.5 Å². The van der Waals surface area contributed by atoms with Crippen molar-refractivity contribution in [2.45, 2.75) is 25.7 Å². The van der Waals surface area contributed by atoms with Gasteiger partial charge < -0.3 is 15.3 Å². The average molecular weight is 388 g/mol. The summed E-state index contributed by atoms with van der Waals surface area (Å²) in [5.74, 6) is 0.382. The van der Waals surface area contributed by atoms with Crippen LogP contribution in [0.1, 0.15) is 24.9 Å². The lowest BCUT2D eigenvalue weighted by Gasteiger charge is -2.35. The van der Waals surface area contributed by atoms with Crippen LogP contribution in [0.15, 0.2) is 72.9 Å². The summed E-state index contributed by atoms with van der Waals surface area (Å²) in [7, 11) is 0. The summed E-state index contributed by atoms with van der Waals surface area (Å²) in [5, 5.41) is 16.8. The van der Waals surface area contributed by atoms with Gasteiger partial charge in [-0.15, -0.1) is 0 Å². The standard InChI is InChI=1S/C23H24N4O2/c1-2-19(18-12-10-17(11-13-18)16-7-4-3-5-8-16)26-23(29)27-15-21(28)25-20-9-6-14-24-22(20)27/h3-14,19,23,26,29H,2,15H2,1H3,(H,25,28). The smallest absolute Gasteiger partial charge is 0.244 e. The molecule has 3 N–H and O–H groups in total. The summed E-state index contributed by atoms with van der Waals surface area (Å²) in [5.41, 5.74) is 4.00. The van der Waals surface area contributed by atoms with Crippen molar-refractivity contribution in [1.29, 1.82) is 0 Å². The van der Waals surface area contributed by atoms with Crippen molar-refractivity contribution in [3.8, 4) is 11.1 Å². The lowest BCUT2D eigenvalue weighted by molar-refractivity contribution is -0.115. The van der Waals surface area contributed by atoms with E-state index in [9.17, 15) is 9.90 Å². The Morgan fingerprint density at radius 3 is 2.52 bits per heavy atom. The fraction of sp³-hybridized carbons (Fsp3) is 0.217. The molecule has 29 heavy (non-hydrogen) atoms. The van der Waals surface area contributed by atoms with Gasteiger partial charge in [-0.3, -0.25) is 10.1 Å². The number of amides is 1. The summed E-state index contributed by atoms with van der Waals surface area (Å²) in [6.07, 6.45) is 1.40. The maximum Gasteiger partial charge on any atom is 0.244 e. The molecule has 2 heterocycles. The number of aromatic nitrogens is 1. The molecule has 2 unspecified atom stereocenters. The third-order valence-electron chi connectivity index (χ3n) is 5.12. The van der Waals surface area contributed by atoms with E-state index in [-0.39, 0.29) is 18.5 Å². The topological polar surface area (TPSA) is 77.5 Å². The normalized spacial score (nSPS) is 15.4. The van der Waals surface area contributed by atoms with Gasteiger partial charge in [0.15, 0.2) is 12.2 Å². The Morgan fingerprint density at radius 2 is 1.79 bits per heavy atom. The predicted molar refractivity (Wildman–Crippen MR) is 114 cm³/mol. The second kappa shape index (κ2) is 8.43. The number of aliphatic hydroxyl groups is 1. The highest BCUT2D eigenvalue weighted by Gasteiger charge is 2.29. The van der Waals surface area contributed by atoms with Crippen molar-refractivity contribution in [3.63, 3.8) is 0 Å². The fourth-order valence-corrected chi connectivity index (χ4v) is 3.60. The van der Waals surface area contributed by atoms with Crippen molar-refractivity contribution < 1.29 is 9.90 Å². The second-order valence-corrected chi connectivity index (χ2v) is 7.04. The summed E-state index contributed by atoms with van der Waals surface area (Å²) in [6, 6.07) is 22.0. The minimum Gasteiger partial charge on any atom is -0.361 e. The van der Waals surface area contributed by atoms with E-state index in [1.54, 1.807) is 23.2 Å². The number of rotatable bonds is 6. The van der Waals surface area contributed by atoms with Crippen molar-refractivity contribution in [1.82, 2.24) is 10.3 Å². The Morgan fingerprint density at radius 1 is 1.07 bits per heavy atom. The molecule has 6 heteroatoms. The number of nitrogens with one attached hydrogen (secondary N) is 2. The zero-order valence-corrected chi connectivity index (χ0v) is 16.2. The molecule has 0 fully saturated rings. The van der Waals surface area contributed by atoms with Crippen LogP contribution >= 0.6 is 0 Å². The Balaban J connectivity index is 1.51. The highest BCUT2D eigenvalue weighted by atomic mass is 16.3. The number of nitrogens with zero attached hydrogens (tertiary/aromatic N) is 2. The Labute approximate surface area is 170 Å². The first kappa shape index (κ1) is 19.1. The molecule has 2 atom stereocenters. The molecular weight excluding hydrogens is 364 g/mol. The third-order valence-corrected chi connectivity index (χ3v) is 5.12. The zero-order valence-electron chi connectivity index (χ0n) is 16.2. The van der Waals surface area contributed by atoms with E-state index in [2.05, 4.69) is 58.9 Å². The van der Waals surface area contributed by atoms with Gasteiger partial charge in [0, 0.05) is 12.2 Å². The maximum atomic E-state index is 12.0. The number of benzene rings is 2. The summed E-state index contributed by atoms with van der Waals surface area (Å²) in [4.78, 5) is 17.9. The van der Waals surface area contributed by atoms with Gasteiger partial charge in [-0.2, -0.15) is 0 Å². The van der Waals surface area contributed by atoms with Crippen LogP contribution in [-0.4, -0.2) is 28.9 Å². The van der Waals surface area contributed by atoms with Crippen LogP contribution < -0.4 is 15.5 Å². The Bertz CT molecular complexity index is 976. The van der Waals surface area contributed by atoms with Gasteiger partial charge >= 0.3 is 0 Å². The van der Waals surface area contributed by atoms with E-state index in [4.69, 9.17) is 0 Å². The molecule has 1 aliphatic rings. The van der Waals surface area contributed by atoms with Gasteiger partial charge in [-0.05, 0) is 35.2 Å². The highest BCUT2D eigenvalue weighted by Crippen LogP contribution is 2.28. The number of fused-ring (bicyclic) bond motifs is 1. The molecule has 1 amide bonds. The molecule has 1 aromatic heterocycles. The van der Waals surface area contributed by atoms with E-state index in [1.807, 2.05) is 18.2 Å². The van der Waals surface area contributed by atoms with Gasteiger partial charge in [0.1, 0.15) is 6.54 Å². The van der Waals surface area contributed by atoms with Crippen molar-refractivity contribution in [2.24, 2.45) is 0 Å². The molecule has 6 nitrogen and oxygen atoms in total. The zero-order chi connectivity index (χ0) is 20.2. The first-order valence-corrected chi connectivity index (χ1v) is 9.76. The van der Waals surface area contributed by atoms with Crippen LogP contribution in [0.3, 0.4) is 0 Å². The second-order valence-electron chi connectivity index (χ2n) is 7.04. The lowest BCUT2D eigenvalue weighted by Crippen LogP contribution is -2.52. The minimum atomic E-state index is -1.03. The van der Waals surface area contributed by atoms with Crippen molar-refractivity contribution >= 4 is 17.4 Å². The van der Waals surface area contributed by atoms with E-state index in [1.165, 1.54) is 5.56 Å². The van der Waals surface area contributed by atoms with Crippen LogP contribution in [0, 0.1) is 0 Å². The molecule has 2 aromatic carbocycles. The number of pyridine rings is 1. The van der Waals surface area contributed by atoms with E-state index in [0.29, 0.717) is 11.5 Å². The molecule has 0 bridgehead atoms. The van der Waals surface area contributed by atoms with Crippen LogP contribution in [-0.2, 0) is 4.79 Å². The quantitative estimate of drug-likeness (QED) is 0.563. The van der Waals surface area contributed by atoms with Crippen LogP contribution in [0.5, 0.6) is 0 Å². The SMILES string of the molecule is CCC(NC(O)N1CC(=O)Nc2cccnc21)c1ccc(-c2ccccc2)cc1. The van der Waals surface area contributed by atoms with Gasteiger partial charge in [0.2, 0.25) is 5.91 Å². The molecule has 4 rings (SSSR count). The van der Waals surface area contributed by atoms with Gasteiger partial charge in [0.05, 0.1) is 5.69 Å². The number of hydrogen-bond acceptors (Lipinski definition) is 5. The van der Waals surface area contributed by atoms with Gasteiger partial charge in [0.25, 0.3) is 0 Å². The van der Waals surface area contributed by atoms with Gasteiger partial charge in [-0.25, -0.2) is 4.98 Å². The van der Waals surface area contributed by atoms with Crippen LogP contribution in [0.25, 0.3) is 11.1 Å². The number of carbonyl (C=O) groups excluding carboxylic acids is 1. The largest absolute Gasteiger partial charge is 0.361 e. The van der Waals surface area contributed by atoms with E-state index < -0.39 is 6.35 Å². The fourth-order valence-electron chi connectivity index (χ4n) is 3.60. The number of carbonyl (C=O) groups is 1. The summed E-state index contributed by atoms with van der Waals surface area (Å²) in [6.45, 7) is 2.10. The number of anilines is 2. The molecule has 0 saturated carbocycles. The molecular formula is C23H24N4O2. The predicted octanol–water partition coefficient (Wildman–Crippen LogP) is 3.52. The molecule has 0 saturated heterocycles. The monoisotopic (exact) mass is 388 g/mol. The van der Waals surface area contributed by atoms with E-state index >= 15 is 0 Å². The first-order valence-electron chi connectivity index (χ1n) is 9.76. The molecule has 0 aliphatic carbocycles. The average Bonchev–Trinajstić information content (AvgIpc) is 2.77. The minimum absolute atomic E-state index is 0.0432.